The molecule has 6 nitrogen and oxygen atoms in total. The molecule has 1 fully saturated rings. The van der Waals surface area contributed by atoms with E-state index in [-0.39, 0.29) is 24.3 Å². The lowest BCUT2D eigenvalue weighted by Gasteiger charge is -2.41. The number of aliphatic carboxylic acids is 1. The summed E-state index contributed by atoms with van der Waals surface area (Å²) in [6.45, 7) is 0.0304. The molecule has 2 aromatic carbocycles. The number of rotatable bonds is 5. The first kappa shape index (κ1) is 17.3. The molecule has 1 heterocycles. The number of pyridine rings is 1. The van der Waals surface area contributed by atoms with Gasteiger partial charge in [-0.1, -0.05) is 24.3 Å². The highest BCUT2D eigenvalue weighted by atomic mass is 16.4. The monoisotopic (exact) mass is 364 g/mol. The molecule has 0 spiro atoms. The maximum absolute atomic E-state index is 12.8. The number of carboxylic acid groups (broad SMARTS) is 1. The minimum absolute atomic E-state index is 0.0304. The van der Waals surface area contributed by atoms with Crippen molar-refractivity contribution < 1.29 is 14.7 Å². The van der Waals surface area contributed by atoms with Crippen molar-refractivity contribution in [2.75, 3.05) is 0 Å². The maximum Gasteiger partial charge on any atom is 0.305 e. The van der Waals surface area contributed by atoms with E-state index in [2.05, 4.69) is 5.32 Å². The quantitative estimate of drug-likeness (QED) is 0.681. The van der Waals surface area contributed by atoms with Gasteiger partial charge in [-0.15, -0.1) is 0 Å². The molecule has 4 rings (SSSR count). The zero-order valence-electron chi connectivity index (χ0n) is 14.8. The summed E-state index contributed by atoms with van der Waals surface area (Å²) < 4.78 is 1.83. The van der Waals surface area contributed by atoms with E-state index in [0.29, 0.717) is 34.6 Å². The highest BCUT2D eigenvalue weighted by Gasteiger charge is 2.40. The number of nitrogens with one attached hydrogen (secondary N) is 1. The van der Waals surface area contributed by atoms with Crippen LogP contribution in [0.3, 0.4) is 0 Å². The minimum atomic E-state index is -0.908. The van der Waals surface area contributed by atoms with E-state index in [1.807, 2.05) is 28.8 Å². The number of nitrogens with zero attached hydrogens (tertiary/aromatic N) is 1. The van der Waals surface area contributed by atoms with Gasteiger partial charge in [0.2, 0.25) is 5.91 Å². The molecule has 0 bridgehead atoms. The Hall–Kier alpha value is -3.15. The van der Waals surface area contributed by atoms with Crippen LogP contribution >= 0.6 is 0 Å². The molecule has 1 aliphatic carbocycles. The number of carboxylic acids is 1. The van der Waals surface area contributed by atoms with Crippen molar-refractivity contribution in [1.29, 1.82) is 0 Å². The lowest BCUT2D eigenvalue weighted by atomic mass is 9.74. The van der Waals surface area contributed by atoms with Crippen LogP contribution in [0.2, 0.25) is 0 Å². The predicted molar refractivity (Wildman–Crippen MR) is 103 cm³/mol. The molecule has 0 aliphatic heterocycles. The van der Waals surface area contributed by atoms with Crippen LogP contribution in [0, 0.1) is 0 Å². The average molecular weight is 364 g/mol. The standard InChI is InChI=1S/C21H20N2O4/c24-18(22-21(10-5-11-21)12-19(25)26)13-23-16-8-3-1-6-14(16)20(27)15-7-2-4-9-17(15)23/h1-4,6-9H,5,10-13H2,(H,22,24)(H,25,26). The van der Waals surface area contributed by atoms with Gasteiger partial charge >= 0.3 is 5.97 Å². The van der Waals surface area contributed by atoms with Gasteiger partial charge < -0.3 is 15.0 Å². The maximum atomic E-state index is 12.8. The van der Waals surface area contributed by atoms with Crippen molar-refractivity contribution in [1.82, 2.24) is 9.88 Å². The summed E-state index contributed by atoms with van der Waals surface area (Å²) in [6.07, 6.45) is 2.20. The van der Waals surface area contributed by atoms with E-state index in [0.717, 1.165) is 6.42 Å². The molecule has 0 unspecified atom stereocenters. The van der Waals surface area contributed by atoms with Gasteiger partial charge in [0.1, 0.15) is 6.54 Å². The zero-order valence-corrected chi connectivity index (χ0v) is 14.8. The molecule has 0 atom stereocenters. The van der Waals surface area contributed by atoms with Gasteiger partial charge in [-0.25, -0.2) is 0 Å². The van der Waals surface area contributed by atoms with Gasteiger partial charge in [0, 0.05) is 10.8 Å². The fraction of sp³-hybridized carbons (Fsp3) is 0.286. The smallest absolute Gasteiger partial charge is 0.305 e. The molecule has 2 N–H and O–H groups in total. The Balaban J connectivity index is 1.75. The summed E-state index contributed by atoms with van der Waals surface area (Å²) in [4.78, 5) is 36.7. The van der Waals surface area contributed by atoms with Gasteiger partial charge in [0.05, 0.1) is 23.0 Å². The molecule has 27 heavy (non-hydrogen) atoms. The molecular weight excluding hydrogens is 344 g/mol. The van der Waals surface area contributed by atoms with Crippen LogP contribution in [0.25, 0.3) is 21.8 Å². The Kier molecular flexibility index (Phi) is 4.18. The largest absolute Gasteiger partial charge is 0.481 e. The number of benzene rings is 2. The van der Waals surface area contributed by atoms with E-state index in [1.54, 1.807) is 24.3 Å². The van der Waals surface area contributed by atoms with Crippen molar-refractivity contribution in [3.8, 4) is 0 Å². The van der Waals surface area contributed by atoms with Crippen LogP contribution in [-0.2, 0) is 16.1 Å². The zero-order chi connectivity index (χ0) is 19.0. The number of carbonyl (C=O) groups is 2. The van der Waals surface area contributed by atoms with E-state index in [9.17, 15) is 14.4 Å². The van der Waals surface area contributed by atoms with Crippen molar-refractivity contribution in [3.63, 3.8) is 0 Å². The number of carbonyl (C=O) groups excluding carboxylic acids is 1. The van der Waals surface area contributed by atoms with E-state index in [4.69, 9.17) is 5.11 Å². The first-order chi connectivity index (χ1) is 13.0. The lowest BCUT2D eigenvalue weighted by Crippen LogP contribution is -2.55. The Morgan fingerprint density at radius 3 is 2.04 bits per heavy atom. The number of para-hydroxylation sites is 2. The predicted octanol–water partition coefficient (Wildman–Crippen LogP) is 2.67. The SMILES string of the molecule is O=C(O)CC1(NC(=O)Cn2c3ccccc3c(=O)c3ccccc32)CCC1. The van der Waals surface area contributed by atoms with Crippen LogP contribution < -0.4 is 10.7 Å². The molecule has 0 saturated heterocycles. The minimum Gasteiger partial charge on any atom is -0.481 e. The average Bonchev–Trinajstić information content (AvgIpc) is 2.63. The molecule has 3 aromatic rings. The fourth-order valence-corrected chi connectivity index (χ4v) is 3.97. The van der Waals surface area contributed by atoms with E-state index in [1.165, 1.54) is 0 Å². The number of amides is 1. The molecule has 1 amide bonds. The Morgan fingerprint density at radius 2 is 1.56 bits per heavy atom. The Morgan fingerprint density at radius 1 is 1.00 bits per heavy atom. The second kappa shape index (κ2) is 6.54. The molecule has 1 aromatic heterocycles. The lowest BCUT2D eigenvalue weighted by molar-refractivity contribution is -0.140. The van der Waals surface area contributed by atoms with Crippen molar-refractivity contribution in [3.05, 3.63) is 58.8 Å². The highest BCUT2D eigenvalue weighted by molar-refractivity contribution is 5.95. The summed E-state index contributed by atoms with van der Waals surface area (Å²) in [7, 11) is 0. The molecule has 6 heteroatoms. The van der Waals surface area contributed by atoms with Gasteiger partial charge in [-0.3, -0.25) is 14.4 Å². The third-order valence-corrected chi connectivity index (χ3v) is 5.39. The van der Waals surface area contributed by atoms with Crippen LogP contribution in [0.4, 0.5) is 0 Å². The number of aromatic nitrogens is 1. The summed E-state index contributed by atoms with van der Waals surface area (Å²) >= 11 is 0. The van der Waals surface area contributed by atoms with Gasteiger partial charge in [0.25, 0.3) is 0 Å². The van der Waals surface area contributed by atoms with Crippen molar-refractivity contribution in [2.45, 2.75) is 37.8 Å². The molecular formula is C21H20N2O4. The first-order valence-electron chi connectivity index (χ1n) is 9.02. The molecule has 138 valence electrons. The number of hydrogen-bond acceptors (Lipinski definition) is 3. The summed E-state index contributed by atoms with van der Waals surface area (Å²) in [5.74, 6) is -1.15. The normalized spacial score (nSPS) is 15.4. The second-order valence-corrected chi connectivity index (χ2v) is 7.20. The van der Waals surface area contributed by atoms with Crippen LogP contribution in [0.1, 0.15) is 25.7 Å². The van der Waals surface area contributed by atoms with Gasteiger partial charge in [-0.05, 0) is 43.5 Å². The van der Waals surface area contributed by atoms with Crippen molar-refractivity contribution in [2.24, 2.45) is 0 Å². The third kappa shape index (κ3) is 3.07. The van der Waals surface area contributed by atoms with Crippen LogP contribution in [0.5, 0.6) is 0 Å². The highest BCUT2D eigenvalue weighted by Crippen LogP contribution is 2.35. The second-order valence-electron chi connectivity index (χ2n) is 7.20. The third-order valence-electron chi connectivity index (χ3n) is 5.39. The Labute approximate surface area is 155 Å². The molecule has 1 aliphatic rings. The molecule has 1 saturated carbocycles. The van der Waals surface area contributed by atoms with Crippen LogP contribution in [-0.4, -0.2) is 27.1 Å². The number of fused-ring (bicyclic) bond motifs is 2. The summed E-state index contributed by atoms with van der Waals surface area (Å²) in [5.41, 5.74) is 0.682. The van der Waals surface area contributed by atoms with Crippen LogP contribution in [0.15, 0.2) is 53.3 Å². The fourth-order valence-electron chi connectivity index (χ4n) is 3.97. The topological polar surface area (TPSA) is 88.4 Å². The van der Waals surface area contributed by atoms with Crippen molar-refractivity contribution >= 4 is 33.7 Å². The first-order valence-corrected chi connectivity index (χ1v) is 9.02. The summed E-state index contributed by atoms with van der Waals surface area (Å²) in [5, 5.41) is 13.2. The summed E-state index contributed by atoms with van der Waals surface area (Å²) in [6, 6.07) is 14.5. The Bertz CT molecular complexity index is 1050. The van der Waals surface area contributed by atoms with Gasteiger partial charge in [-0.2, -0.15) is 0 Å². The number of hydrogen-bond donors (Lipinski definition) is 2. The van der Waals surface area contributed by atoms with E-state index >= 15 is 0 Å². The van der Waals surface area contributed by atoms with E-state index < -0.39 is 11.5 Å². The van der Waals surface area contributed by atoms with Gasteiger partial charge in [0.15, 0.2) is 5.43 Å². The molecule has 0 radical (unpaired) electrons.